The molecule has 0 unspecified atom stereocenters. The normalized spacial score (nSPS) is 16.1. The Bertz CT molecular complexity index is 425. The Balaban J connectivity index is 2.57. The quantitative estimate of drug-likeness (QED) is 0.758. The second-order valence-corrected chi connectivity index (χ2v) is 4.59. The lowest BCUT2D eigenvalue weighted by Crippen LogP contribution is -2.27. The summed E-state index contributed by atoms with van der Waals surface area (Å²) in [6.07, 6.45) is 0.275. The lowest BCUT2D eigenvalue weighted by Gasteiger charge is -1.96. The van der Waals surface area contributed by atoms with Gasteiger partial charge >= 0.3 is 0 Å². The first-order valence-electron chi connectivity index (χ1n) is 3.95. The maximum Gasteiger partial charge on any atom is 0.268 e. The van der Waals surface area contributed by atoms with E-state index in [1.807, 2.05) is 0 Å². The molecular weight excluding hydrogens is 316 g/mol. The minimum atomic E-state index is -0.239. The maximum absolute atomic E-state index is 11.5. The summed E-state index contributed by atoms with van der Waals surface area (Å²) in [5.41, 5.74) is 1.17. The fourth-order valence-corrected chi connectivity index (χ4v) is 2.24. The van der Waals surface area contributed by atoms with Crippen molar-refractivity contribution in [2.24, 2.45) is 0 Å². The second kappa shape index (κ2) is 3.51. The van der Waals surface area contributed by atoms with Crippen LogP contribution in [0.5, 0.6) is 0 Å². The maximum atomic E-state index is 11.5. The van der Waals surface area contributed by atoms with E-state index in [0.717, 1.165) is 10.0 Å². The van der Waals surface area contributed by atoms with Crippen LogP contribution in [0, 0.1) is 0 Å². The highest BCUT2D eigenvalue weighted by Gasteiger charge is 2.24. The first-order chi connectivity index (χ1) is 6.59. The lowest BCUT2D eigenvalue weighted by atomic mass is 10.1. The Morgan fingerprint density at radius 3 is 2.64 bits per heavy atom. The van der Waals surface area contributed by atoms with Gasteiger partial charge in [-0.05, 0) is 31.9 Å². The van der Waals surface area contributed by atoms with E-state index in [-0.39, 0.29) is 24.7 Å². The van der Waals surface area contributed by atoms with Crippen molar-refractivity contribution in [3.05, 3.63) is 20.3 Å². The van der Waals surface area contributed by atoms with Crippen LogP contribution in [0.15, 0.2) is 9.08 Å². The monoisotopic (exact) mass is 320 g/mol. The third-order valence-corrected chi connectivity index (χ3v) is 4.04. The van der Waals surface area contributed by atoms with E-state index in [0.29, 0.717) is 10.3 Å². The van der Waals surface area contributed by atoms with Gasteiger partial charge in [0.05, 0.1) is 15.6 Å². The predicted octanol–water partition coefficient (Wildman–Crippen LogP) is 1.39. The zero-order valence-corrected chi connectivity index (χ0v) is 10.2. The summed E-state index contributed by atoms with van der Waals surface area (Å²) in [7, 11) is 0. The summed E-state index contributed by atoms with van der Waals surface area (Å²) < 4.78 is 1.44. The molecule has 0 aromatic carbocycles. The van der Waals surface area contributed by atoms with E-state index in [4.69, 9.17) is 0 Å². The van der Waals surface area contributed by atoms with Gasteiger partial charge in [0.25, 0.3) is 5.91 Å². The number of rotatable bonds is 0. The predicted molar refractivity (Wildman–Crippen MR) is 57.2 cm³/mol. The third-order valence-electron chi connectivity index (χ3n) is 2.04. The highest BCUT2D eigenvalue weighted by molar-refractivity contribution is 9.13. The Kier molecular flexibility index (Phi) is 2.48. The van der Waals surface area contributed by atoms with Gasteiger partial charge in [-0.3, -0.25) is 9.59 Å². The van der Waals surface area contributed by atoms with Crippen LogP contribution < -0.4 is 5.32 Å². The molecule has 0 spiro atoms. The zero-order chi connectivity index (χ0) is 10.3. The molecule has 1 aromatic rings. The number of Topliss-reactive ketones (excluding diaryl/α,β-unsaturated/α-hetero) is 1. The smallest absolute Gasteiger partial charge is 0.268 e. The van der Waals surface area contributed by atoms with Crippen molar-refractivity contribution < 1.29 is 9.59 Å². The lowest BCUT2D eigenvalue weighted by molar-refractivity contribution is -0.117. The van der Waals surface area contributed by atoms with Gasteiger partial charge in [-0.15, -0.1) is 0 Å². The third kappa shape index (κ3) is 1.52. The van der Waals surface area contributed by atoms with E-state index in [1.165, 1.54) is 0 Å². The Morgan fingerprint density at radius 1 is 1.21 bits per heavy atom. The van der Waals surface area contributed by atoms with Gasteiger partial charge in [0.2, 0.25) is 0 Å². The molecule has 2 heterocycles. The van der Waals surface area contributed by atoms with Crippen LogP contribution in [0.3, 0.4) is 0 Å². The number of H-pyrrole nitrogens is 1. The van der Waals surface area contributed by atoms with Crippen molar-refractivity contribution in [1.82, 2.24) is 10.3 Å². The summed E-state index contributed by atoms with van der Waals surface area (Å²) in [4.78, 5) is 25.6. The standard InChI is InChI=1S/C8H6Br2N2O2/c9-5-4-1-3(13)2-11-8(14)6(4)12-7(5)10/h12H,1-2H2,(H,11,14). The first-order valence-corrected chi connectivity index (χ1v) is 5.54. The highest BCUT2D eigenvalue weighted by atomic mass is 79.9. The van der Waals surface area contributed by atoms with E-state index >= 15 is 0 Å². The number of hydrogen-bond acceptors (Lipinski definition) is 2. The van der Waals surface area contributed by atoms with E-state index < -0.39 is 0 Å². The number of carbonyl (C=O) groups is 2. The van der Waals surface area contributed by atoms with Crippen molar-refractivity contribution in [2.75, 3.05) is 6.54 Å². The number of nitrogens with one attached hydrogen (secondary N) is 2. The molecule has 0 fully saturated rings. The van der Waals surface area contributed by atoms with E-state index in [1.54, 1.807) is 0 Å². The molecule has 2 N–H and O–H groups in total. The Hall–Kier alpha value is -0.620. The fourth-order valence-electron chi connectivity index (χ4n) is 1.37. The number of amides is 1. The SMILES string of the molecule is O=C1CNC(=O)c2[nH]c(Br)c(Br)c2C1. The molecule has 2 rings (SSSR count). The molecule has 1 aliphatic heterocycles. The number of hydrogen-bond donors (Lipinski definition) is 2. The number of ketones is 1. The number of fused-ring (bicyclic) bond motifs is 1. The summed E-state index contributed by atoms with van der Waals surface area (Å²) in [6.45, 7) is 0.103. The Morgan fingerprint density at radius 2 is 1.93 bits per heavy atom. The summed E-state index contributed by atoms with van der Waals surface area (Å²) in [6, 6.07) is 0. The molecule has 0 saturated carbocycles. The van der Waals surface area contributed by atoms with Crippen molar-refractivity contribution in [1.29, 1.82) is 0 Å². The van der Waals surface area contributed by atoms with Crippen LogP contribution in [-0.2, 0) is 11.2 Å². The van der Waals surface area contributed by atoms with E-state index in [9.17, 15) is 9.59 Å². The summed E-state index contributed by atoms with van der Waals surface area (Å²) in [5, 5.41) is 2.53. The number of aromatic amines is 1. The topological polar surface area (TPSA) is 62.0 Å². The van der Waals surface area contributed by atoms with Gasteiger partial charge in [0.1, 0.15) is 5.69 Å². The van der Waals surface area contributed by atoms with Crippen molar-refractivity contribution >= 4 is 43.6 Å². The molecule has 0 radical (unpaired) electrons. The zero-order valence-electron chi connectivity index (χ0n) is 6.99. The molecule has 1 aliphatic rings. The minimum absolute atomic E-state index is 0.00398. The molecular formula is C8H6Br2N2O2. The van der Waals surface area contributed by atoms with E-state index in [2.05, 4.69) is 42.2 Å². The Labute approximate surface area is 96.7 Å². The average Bonchev–Trinajstić information content (AvgIpc) is 2.33. The largest absolute Gasteiger partial charge is 0.344 e. The molecule has 0 saturated heterocycles. The van der Waals surface area contributed by atoms with Gasteiger partial charge in [0.15, 0.2) is 5.78 Å². The van der Waals surface area contributed by atoms with Crippen LogP contribution >= 0.6 is 31.9 Å². The van der Waals surface area contributed by atoms with Crippen LogP contribution in [0.25, 0.3) is 0 Å². The average molecular weight is 322 g/mol. The van der Waals surface area contributed by atoms with Crippen LogP contribution in [-0.4, -0.2) is 23.2 Å². The summed E-state index contributed by atoms with van der Waals surface area (Å²) >= 11 is 6.57. The molecule has 1 aromatic heterocycles. The van der Waals surface area contributed by atoms with Crippen molar-refractivity contribution in [3.8, 4) is 0 Å². The van der Waals surface area contributed by atoms with Crippen LogP contribution in [0.1, 0.15) is 16.1 Å². The molecule has 0 aliphatic carbocycles. The minimum Gasteiger partial charge on any atom is -0.344 e. The molecule has 6 heteroatoms. The van der Waals surface area contributed by atoms with Gasteiger partial charge in [-0.25, -0.2) is 0 Å². The highest BCUT2D eigenvalue weighted by Crippen LogP contribution is 2.30. The van der Waals surface area contributed by atoms with Crippen molar-refractivity contribution in [3.63, 3.8) is 0 Å². The molecule has 14 heavy (non-hydrogen) atoms. The number of aromatic nitrogens is 1. The first kappa shape index (κ1) is 9.92. The van der Waals surface area contributed by atoms with Gasteiger partial charge in [-0.2, -0.15) is 0 Å². The van der Waals surface area contributed by atoms with Gasteiger partial charge in [-0.1, -0.05) is 0 Å². The van der Waals surface area contributed by atoms with Crippen molar-refractivity contribution in [2.45, 2.75) is 6.42 Å². The van der Waals surface area contributed by atoms with Gasteiger partial charge < -0.3 is 10.3 Å². The number of carbonyl (C=O) groups excluding carboxylic acids is 2. The molecule has 0 atom stereocenters. The van der Waals surface area contributed by atoms with Crippen LogP contribution in [0.2, 0.25) is 0 Å². The van der Waals surface area contributed by atoms with Crippen LogP contribution in [0.4, 0.5) is 0 Å². The van der Waals surface area contributed by atoms with Gasteiger partial charge in [0, 0.05) is 12.0 Å². The fraction of sp³-hybridized carbons (Fsp3) is 0.250. The summed E-state index contributed by atoms with van der Waals surface area (Å²) in [5.74, 6) is -0.235. The molecule has 74 valence electrons. The molecule has 4 nitrogen and oxygen atoms in total. The molecule has 1 amide bonds. The molecule has 0 bridgehead atoms. The second-order valence-electron chi connectivity index (χ2n) is 3.00. The number of halogens is 2.